The van der Waals surface area contributed by atoms with Gasteiger partial charge < -0.3 is 10.4 Å². The molecule has 21 heavy (non-hydrogen) atoms. The zero-order valence-corrected chi connectivity index (χ0v) is 13.4. The Hall–Kier alpha value is -1.88. The van der Waals surface area contributed by atoms with Crippen molar-refractivity contribution in [1.82, 2.24) is 5.32 Å². The second kappa shape index (κ2) is 5.85. The van der Waals surface area contributed by atoms with Gasteiger partial charge in [0.05, 0.1) is 5.56 Å². The molecule has 0 heterocycles. The number of carbonyl (C=O) groups excluding carboxylic acids is 1. The average molecular weight is 350 g/mol. The van der Waals surface area contributed by atoms with Crippen LogP contribution in [0.15, 0.2) is 40.9 Å². The van der Waals surface area contributed by atoms with Crippen LogP contribution < -0.4 is 5.32 Å². The molecule has 1 amide bonds. The van der Waals surface area contributed by atoms with Gasteiger partial charge in [-0.3, -0.25) is 4.79 Å². The Kier molecular flexibility index (Phi) is 4.32. The smallest absolute Gasteiger partial charge is 0.329 e. The Morgan fingerprint density at radius 1 is 1.24 bits per heavy atom. The second-order valence-corrected chi connectivity index (χ2v) is 5.89. The van der Waals surface area contributed by atoms with E-state index < -0.39 is 17.4 Å². The van der Waals surface area contributed by atoms with Gasteiger partial charge in [-0.15, -0.1) is 0 Å². The van der Waals surface area contributed by atoms with E-state index in [-0.39, 0.29) is 0 Å². The first-order valence-corrected chi connectivity index (χ1v) is 7.41. The molecule has 0 aliphatic rings. The third kappa shape index (κ3) is 2.93. The summed E-state index contributed by atoms with van der Waals surface area (Å²) in [6, 6.07) is 11.2. The van der Waals surface area contributed by atoms with Gasteiger partial charge >= 0.3 is 5.97 Å². The maximum Gasteiger partial charge on any atom is 0.329 e. The third-order valence-corrected chi connectivity index (χ3v) is 4.53. The molecule has 0 aromatic heterocycles. The Morgan fingerprint density at radius 2 is 1.90 bits per heavy atom. The minimum absolute atomic E-state index is 0.305. The molecule has 0 bridgehead atoms. The van der Waals surface area contributed by atoms with Crippen LogP contribution >= 0.6 is 15.9 Å². The lowest BCUT2D eigenvalue weighted by Gasteiger charge is -2.25. The molecule has 0 saturated carbocycles. The monoisotopic (exact) mass is 349 g/mol. The van der Waals surface area contributed by atoms with Gasteiger partial charge in [-0.2, -0.15) is 0 Å². The Morgan fingerprint density at radius 3 is 2.52 bits per heavy atom. The molecule has 0 radical (unpaired) electrons. The number of benzene rings is 2. The lowest BCUT2D eigenvalue weighted by atomic mass is 9.98. The molecule has 5 heteroatoms. The van der Waals surface area contributed by atoms with Crippen molar-refractivity contribution < 1.29 is 14.7 Å². The van der Waals surface area contributed by atoms with Gasteiger partial charge in [0.1, 0.15) is 5.54 Å². The largest absolute Gasteiger partial charge is 0.480 e. The summed E-state index contributed by atoms with van der Waals surface area (Å²) in [5, 5.41) is 13.8. The predicted octanol–water partition coefficient (Wildman–Crippen LogP) is 3.59. The summed E-state index contributed by atoms with van der Waals surface area (Å²) in [4.78, 5) is 23.7. The normalized spacial score (nSPS) is 13.7. The van der Waals surface area contributed by atoms with Crippen molar-refractivity contribution in [3.05, 3.63) is 46.4 Å². The molecule has 0 spiro atoms. The first-order chi connectivity index (χ1) is 9.89. The zero-order valence-electron chi connectivity index (χ0n) is 11.8. The number of amides is 1. The van der Waals surface area contributed by atoms with E-state index in [1.807, 2.05) is 30.3 Å². The minimum atomic E-state index is -1.28. The molecule has 0 aliphatic heterocycles. The highest BCUT2D eigenvalue weighted by atomic mass is 79.9. The summed E-state index contributed by atoms with van der Waals surface area (Å²) in [6.07, 6.45) is 0.305. The molecule has 2 aromatic carbocycles. The van der Waals surface area contributed by atoms with Crippen LogP contribution in [-0.2, 0) is 4.79 Å². The summed E-state index contributed by atoms with van der Waals surface area (Å²) < 4.78 is 0.668. The second-order valence-electron chi connectivity index (χ2n) is 5.09. The van der Waals surface area contributed by atoms with Crippen LogP contribution in [0, 0.1) is 0 Å². The summed E-state index contributed by atoms with van der Waals surface area (Å²) in [5.41, 5.74) is -0.850. The fraction of sp³-hybridized carbons (Fsp3) is 0.250. The van der Waals surface area contributed by atoms with E-state index in [0.717, 1.165) is 10.8 Å². The van der Waals surface area contributed by atoms with Crippen molar-refractivity contribution in [2.24, 2.45) is 0 Å². The Bertz CT molecular complexity index is 714. The van der Waals surface area contributed by atoms with Crippen LogP contribution in [0.1, 0.15) is 30.6 Å². The number of hydrogen-bond donors (Lipinski definition) is 2. The molecule has 1 unspecified atom stereocenters. The van der Waals surface area contributed by atoms with Gasteiger partial charge in [0.15, 0.2) is 0 Å². The quantitative estimate of drug-likeness (QED) is 0.886. The van der Waals surface area contributed by atoms with E-state index in [1.54, 1.807) is 13.0 Å². The minimum Gasteiger partial charge on any atom is -0.480 e. The Balaban J connectivity index is 2.40. The molecule has 0 saturated heterocycles. The first-order valence-electron chi connectivity index (χ1n) is 6.62. The van der Waals surface area contributed by atoms with E-state index in [0.29, 0.717) is 16.5 Å². The highest BCUT2D eigenvalue weighted by Crippen LogP contribution is 2.28. The van der Waals surface area contributed by atoms with Gasteiger partial charge in [-0.25, -0.2) is 4.79 Å². The van der Waals surface area contributed by atoms with Gasteiger partial charge in [-0.05, 0) is 46.1 Å². The van der Waals surface area contributed by atoms with Crippen molar-refractivity contribution in [1.29, 1.82) is 0 Å². The number of rotatable bonds is 4. The van der Waals surface area contributed by atoms with Crippen LogP contribution in [0.2, 0.25) is 0 Å². The van der Waals surface area contributed by atoms with Crippen molar-refractivity contribution >= 4 is 38.6 Å². The lowest BCUT2D eigenvalue weighted by Crippen LogP contribution is -2.51. The summed E-state index contributed by atoms with van der Waals surface area (Å²) >= 11 is 3.44. The topological polar surface area (TPSA) is 66.4 Å². The van der Waals surface area contributed by atoms with Crippen molar-refractivity contribution in [3.8, 4) is 0 Å². The molecule has 110 valence electrons. The number of carboxylic acid groups (broad SMARTS) is 1. The number of fused-ring (bicyclic) bond motifs is 1. The van der Waals surface area contributed by atoms with E-state index >= 15 is 0 Å². The SMILES string of the molecule is CCC(C)(NC(=O)c1ccc2ccccc2c1Br)C(=O)O. The maximum absolute atomic E-state index is 12.4. The molecule has 2 N–H and O–H groups in total. The summed E-state index contributed by atoms with van der Waals surface area (Å²) in [7, 11) is 0. The maximum atomic E-state index is 12.4. The molecule has 0 aliphatic carbocycles. The zero-order chi connectivity index (χ0) is 15.6. The van der Waals surface area contributed by atoms with Crippen LogP contribution in [0.3, 0.4) is 0 Å². The number of carbonyl (C=O) groups is 2. The van der Waals surface area contributed by atoms with E-state index in [9.17, 15) is 14.7 Å². The fourth-order valence-electron chi connectivity index (χ4n) is 2.02. The number of halogens is 1. The number of nitrogens with one attached hydrogen (secondary N) is 1. The number of aliphatic carboxylic acids is 1. The summed E-state index contributed by atoms with van der Waals surface area (Å²) in [5.74, 6) is -1.45. The molecule has 2 rings (SSSR count). The predicted molar refractivity (Wildman–Crippen MR) is 85.4 cm³/mol. The number of carboxylic acids is 1. The van der Waals surface area contributed by atoms with Crippen molar-refractivity contribution in [2.45, 2.75) is 25.8 Å². The lowest BCUT2D eigenvalue weighted by molar-refractivity contribution is -0.143. The molecule has 1 atom stereocenters. The molecule has 2 aromatic rings. The average Bonchev–Trinajstić information content (AvgIpc) is 2.47. The molecular weight excluding hydrogens is 334 g/mol. The fourth-order valence-corrected chi connectivity index (χ4v) is 2.69. The van der Waals surface area contributed by atoms with Gasteiger partial charge in [-0.1, -0.05) is 37.3 Å². The van der Waals surface area contributed by atoms with Gasteiger partial charge in [0.2, 0.25) is 0 Å². The van der Waals surface area contributed by atoms with E-state index in [1.165, 1.54) is 6.92 Å². The highest BCUT2D eigenvalue weighted by molar-refractivity contribution is 9.10. The van der Waals surface area contributed by atoms with Gasteiger partial charge in [0, 0.05) is 4.47 Å². The van der Waals surface area contributed by atoms with E-state index in [4.69, 9.17) is 0 Å². The van der Waals surface area contributed by atoms with Crippen LogP contribution in [0.4, 0.5) is 0 Å². The third-order valence-electron chi connectivity index (χ3n) is 3.68. The van der Waals surface area contributed by atoms with Crippen LogP contribution in [-0.4, -0.2) is 22.5 Å². The van der Waals surface area contributed by atoms with Crippen molar-refractivity contribution in [3.63, 3.8) is 0 Å². The Labute approximate surface area is 131 Å². The summed E-state index contributed by atoms with van der Waals surface area (Å²) in [6.45, 7) is 3.23. The molecule has 4 nitrogen and oxygen atoms in total. The van der Waals surface area contributed by atoms with Crippen molar-refractivity contribution in [2.75, 3.05) is 0 Å². The molecular formula is C16H16BrNO3. The van der Waals surface area contributed by atoms with Crippen LogP contribution in [0.5, 0.6) is 0 Å². The van der Waals surface area contributed by atoms with Crippen LogP contribution in [0.25, 0.3) is 10.8 Å². The standard InChI is InChI=1S/C16H16BrNO3/c1-3-16(2,15(20)21)18-14(19)12-9-8-10-6-4-5-7-11(10)13(12)17/h4-9H,3H2,1-2H3,(H,18,19)(H,20,21). The number of hydrogen-bond acceptors (Lipinski definition) is 2. The molecule has 0 fully saturated rings. The van der Waals surface area contributed by atoms with Gasteiger partial charge in [0.25, 0.3) is 5.91 Å². The van der Waals surface area contributed by atoms with E-state index in [2.05, 4.69) is 21.2 Å². The first kappa shape index (κ1) is 15.5. The highest BCUT2D eigenvalue weighted by Gasteiger charge is 2.33.